The van der Waals surface area contributed by atoms with E-state index in [0.29, 0.717) is 6.04 Å². The molecule has 0 amide bonds. The van der Waals surface area contributed by atoms with Gasteiger partial charge in [-0.2, -0.15) is 0 Å². The van der Waals surface area contributed by atoms with E-state index in [1.165, 1.54) is 11.3 Å². The Balaban J connectivity index is 2.15. The third-order valence-electron chi connectivity index (χ3n) is 3.12. The first-order chi connectivity index (χ1) is 8.36. The van der Waals surface area contributed by atoms with E-state index in [4.69, 9.17) is 4.74 Å². The zero-order chi connectivity index (χ0) is 12.1. The smallest absolute Gasteiger partial charge is 0.0904 e. The molecule has 1 aliphatic rings. The lowest BCUT2D eigenvalue weighted by atomic mass is 10.1. The fourth-order valence-electron chi connectivity index (χ4n) is 2.43. The van der Waals surface area contributed by atoms with Crippen molar-refractivity contribution in [1.29, 1.82) is 0 Å². The first kappa shape index (κ1) is 13.0. The molecule has 1 aliphatic heterocycles. The van der Waals surface area contributed by atoms with Crippen LogP contribution >= 0.6 is 11.3 Å². The van der Waals surface area contributed by atoms with E-state index in [0.717, 1.165) is 26.2 Å². The molecule has 2 unspecified atom stereocenters. The lowest BCUT2D eigenvalue weighted by Gasteiger charge is -2.40. The molecular formula is C12H21N3OS. The standard InChI is InChI=1S/C12H21N3OS/c1-3-4-15-5-6-16-10(7-13-2)12(15)11-8-14-9-17-11/h8-10,12-13H,3-7H2,1-2H3. The number of thiazole rings is 1. The molecule has 4 nitrogen and oxygen atoms in total. The highest BCUT2D eigenvalue weighted by molar-refractivity contribution is 7.09. The number of ether oxygens (including phenoxy) is 1. The summed E-state index contributed by atoms with van der Waals surface area (Å²) >= 11 is 1.73. The van der Waals surface area contributed by atoms with Crippen LogP contribution in [0.3, 0.4) is 0 Å². The lowest BCUT2D eigenvalue weighted by molar-refractivity contribution is -0.0693. The molecule has 1 N–H and O–H groups in total. The van der Waals surface area contributed by atoms with Gasteiger partial charge >= 0.3 is 0 Å². The normalized spacial score (nSPS) is 26.2. The number of rotatable bonds is 5. The molecule has 0 spiro atoms. The minimum Gasteiger partial charge on any atom is -0.374 e. The summed E-state index contributed by atoms with van der Waals surface area (Å²) < 4.78 is 5.91. The summed E-state index contributed by atoms with van der Waals surface area (Å²) in [6, 6.07) is 0.364. The molecule has 17 heavy (non-hydrogen) atoms. The van der Waals surface area contributed by atoms with Crippen LogP contribution in [0.5, 0.6) is 0 Å². The minimum atomic E-state index is 0.237. The maximum absolute atomic E-state index is 5.91. The van der Waals surface area contributed by atoms with Gasteiger partial charge in [0.2, 0.25) is 0 Å². The number of hydrogen-bond acceptors (Lipinski definition) is 5. The van der Waals surface area contributed by atoms with Crippen molar-refractivity contribution in [2.75, 3.05) is 33.3 Å². The van der Waals surface area contributed by atoms with E-state index in [-0.39, 0.29) is 6.10 Å². The fourth-order valence-corrected chi connectivity index (χ4v) is 3.24. The summed E-state index contributed by atoms with van der Waals surface area (Å²) in [7, 11) is 1.98. The highest BCUT2D eigenvalue weighted by atomic mass is 32.1. The molecule has 1 aromatic heterocycles. The molecule has 0 saturated carbocycles. The summed E-state index contributed by atoms with van der Waals surface area (Å²) in [5.74, 6) is 0. The van der Waals surface area contributed by atoms with Crippen molar-refractivity contribution in [1.82, 2.24) is 15.2 Å². The molecular weight excluding hydrogens is 234 g/mol. The molecule has 1 fully saturated rings. The van der Waals surface area contributed by atoms with Crippen LogP contribution in [0, 0.1) is 0 Å². The zero-order valence-corrected chi connectivity index (χ0v) is 11.4. The van der Waals surface area contributed by atoms with E-state index >= 15 is 0 Å². The van der Waals surface area contributed by atoms with Gasteiger partial charge in [-0.25, -0.2) is 0 Å². The average Bonchev–Trinajstić information content (AvgIpc) is 2.84. The van der Waals surface area contributed by atoms with Gasteiger partial charge < -0.3 is 10.1 Å². The molecule has 0 aromatic carbocycles. The molecule has 5 heteroatoms. The van der Waals surface area contributed by atoms with Crippen molar-refractivity contribution in [3.8, 4) is 0 Å². The maximum atomic E-state index is 5.91. The topological polar surface area (TPSA) is 37.4 Å². The van der Waals surface area contributed by atoms with E-state index in [9.17, 15) is 0 Å². The number of hydrogen-bond donors (Lipinski definition) is 1. The Kier molecular flexibility index (Phi) is 4.91. The lowest BCUT2D eigenvalue weighted by Crippen LogP contribution is -2.48. The second-order valence-electron chi connectivity index (χ2n) is 4.35. The van der Waals surface area contributed by atoms with Crippen LogP contribution in [0.25, 0.3) is 0 Å². The predicted octanol–water partition coefficient (Wildman–Crippen LogP) is 1.51. The first-order valence-electron chi connectivity index (χ1n) is 6.25. The van der Waals surface area contributed by atoms with Crippen LogP contribution in [-0.4, -0.2) is 49.3 Å². The Hall–Kier alpha value is -0.490. The third-order valence-corrected chi connectivity index (χ3v) is 3.96. The van der Waals surface area contributed by atoms with Crippen molar-refractivity contribution >= 4 is 11.3 Å². The molecule has 2 rings (SSSR count). The van der Waals surface area contributed by atoms with Gasteiger partial charge in [0, 0.05) is 24.2 Å². The zero-order valence-electron chi connectivity index (χ0n) is 10.6. The van der Waals surface area contributed by atoms with Crippen molar-refractivity contribution < 1.29 is 4.74 Å². The number of aromatic nitrogens is 1. The van der Waals surface area contributed by atoms with Crippen LogP contribution in [0.4, 0.5) is 0 Å². The van der Waals surface area contributed by atoms with Gasteiger partial charge in [-0.05, 0) is 20.0 Å². The van der Waals surface area contributed by atoms with Gasteiger partial charge in [0.05, 0.1) is 24.3 Å². The van der Waals surface area contributed by atoms with E-state index < -0.39 is 0 Å². The Labute approximate surface area is 107 Å². The van der Waals surface area contributed by atoms with Crippen LogP contribution in [0.1, 0.15) is 24.3 Å². The van der Waals surface area contributed by atoms with Crippen LogP contribution in [0.15, 0.2) is 11.7 Å². The summed E-state index contributed by atoms with van der Waals surface area (Å²) in [6.07, 6.45) is 3.40. The van der Waals surface area contributed by atoms with Crippen LogP contribution < -0.4 is 5.32 Å². The van der Waals surface area contributed by atoms with Crippen LogP contribution in [0.2, 0.25) is 0 Å². The summed E-state index contributed by atoms with van der Waals surface area (Å²) in [6.45, 7) is 6.11. The number of nitrogens with one attached hydrogen (secondary N) is 1. The van der Waals surface area contributed by atoms with Gasteiger partial charge in [-0.15, -0.1) is 11.3 Å². The van der Waals surface area contributed by atoms with Gasteiger partial charge in [0.1, 0.15) is 0 Å². The summed E-state index contributed by atoms with van der Waals surface area (Å²) in [5.41, 5.74) is 1.91. The SMILES string of the molecule is CCCN1CCOC(CNC)C1c1cncs1. The molecule has 1 saturated heterocycles. The van der Waals surface area contributed by atoms with E-state index in [1.807, 2.05) is 18.8 Å². The molecule has 2 heterocycles. The summed E-state index contributed by atoms with van der Waals surface area (Å²) in [4.78, 5) is 8.05. The molecule has 0 aliphatic carbocycles. The quantitative estimate of drug-likeness (QED) is 0.865. The van der Waals surface area contributed by atoms with Crippen molar-refractivity contribution in [2.24, 2.45) is 0 Å². The largest absolute Gasteiger partial charge is 0.374 e. The number of likely N-dealkylation sites (N-methyl/N-ethyl adjacent to an activating group) is 1. The molecule has 1 aromatic rings. The average molecular weight is 255 g/mol. The highest BCUT2D eigenvalue weighted by Gasteiger charge is 2.33. The summed E-state index contributed by atoms with van der Waals surface area (Å²) in [5, 5.41) is 3.22. The monoisotopic (exact) mass is 255 g/mol. The van der Waals surface area contributed by atoms with Gasteiger partial charge in [-0.3, -0.25) is 9.88 Å². The minimum absolute atomic E-state index is 0.237. The third kappa shape index (κ3) is 3.04. The predicted molar refractivity (Wildman–Crippen MR) is 70.4 cm³/mol. The second-order valence-corrected chi connectivity index (χ2v) is 5.27. The Morgan fingerprint density at radius 2 is 2.53 bits per heavy atom. The molecule has 2 atom stereocenters. The van der Waals surface area contributed by atoms with E-state index in [1.54, 1.807) is 11.3 Å². The van der Waals surface area contributed by atoms with Crippen LogP contribution in [-0.2, 0) is 4.74 Å². The van der Waals surface area contributed by atoms with Gasteiger partial charge in [-0.1, -0.05) is 6.92 Å². The van der Waals surface area contributed by atoms with E-state index in [2.05, 4.69) is 22.1 Å². The number of nitrogens with zero attached hydrogens (tertiary/aromatic N) is 2. The highest BCUT2D eigenvalue weighted by Crippen LogP contribution is 2.31. The molecule has 96 valence electrons. The molecule has 0 radical (unpaired) electrons. The molecule has 0 bridgehead atoms. The van der Waals surface area contributed by atoms with Crippen molar-refractivity contribution in [2.45, 2.75) is 25.5 Å². The number of morpholine rings is 1. The Morgan fingerprint density at radius 3 is 3.18 bits per heavy atom. The maximum Gasteiger partial charge on any atom is 0.0904 e. The van der Waals surface area contributed by atoms with Gasteiger partial charge in [0.15, 0.2) is 0 Å². The first-order valence-corrected chi connectivity index (χ1v) is 7.13. The van der Waals surface area contributed by atoms with Crippen molar-refractivity contribution in [3.63, 3.8) is 0 Å². The fraction of sp³-hybridized carbons (Fsp3) is 0.750. The van der Waals surface area contributed by atoms with Crippen molar-refractivity contribution in [3.05, 3.63) is 16.6 Å². The Bertz CT molecular complexity index is 300. The van der Waals surface area contributed by atoms with Gasteiger partial charge in [0.25, 0.3) is 0 Å². The Morgan fingerprint density at radius 1 is 1.65 bits per heavy atom. The second kappa shape index (κ2) is 6.44.